The van der Waals surface area contributed by atoms with Crippen molar-refractivity contribution < 1.29 is 14.3 Å². The Morgan fingerprint density at radius 2 is 1.87 bits per heavy atom. The molecule has 2 amide bonds. The lowest BCUT2D eigenvalue weighted by Gasteiger charge is -2.32. The van der Waals surface area contributed by atoms with Crippen molar-refractivity contribution in [3.8, 4) is 0 Å². The number of carbonyl (C=O) groups is 2. The maximum absolute atomic E-state index is 11.8. The van der Waals surface area contributed by atoms with Gasteiger partial charge in [0.05, 0.1) is 0 Å². The summed E-state index contributed by atoms with van der Waals surface area (Å²) >= 11 is 0. The molecule has 1 rings (SSSR count). The van der Waals surface area contributed by atoms with Gasteiger partial charge < -0.3 is 21.1 Å². The molecule has 0 aromatic heterocycles. The molecule has 0 radical (unpaired) electrons. The van der Waals surface area contributed by atoms with Crippen LogP contribution in [-0.4, -0.2) is 36.7 Å². The van der Waals surface area contributed by atoms with Gasteiger partial charge in [0.25, 0.3) is 0 Å². The minimum atomic E-state index is -0.464. The summed E-state index contributed by atoms with van der Waals surface area (Å²) in [5.41, 5.74) is 4.68. The smallest absolute Gasteiger partial charge is 0.407 e. The lowest BCUT2D eigenvalue weighted by Crippen LogP contribution is -2.45. The first-order chi connectivity index (χ1) is 10.8. The van der Waals surface area contributed by atoms with E-state index in [1.807, 2.05) is 20.8 Å². The number of rotatable bonds is 8. The van der Waals surface area contributed by atoms with Gasteiger partial charge in [-0.25, -0.2) is 4.79 Å². The highest BCUT2D eigenvalue weighted by atomic mass is 16.6. The van der Waals surface area contributed by atoms with Crippen LogP contribution in [0.15, 0.2) is 0 Å². The van der Waals surface area contributed by atoms with E-state index < -0.39 is 5.60 Å². The standard InChI is InChI=1S/C17H33N3O3/c1-17(2,3)23-16(22)20-12-13-8-4-5-9-14(13)19-11-7-6-10-15(18)21/h13-14,19H,4-12H2,1-3H3,(H2,18,21)(H,20,22). The second-order valence-electron chi connectivity index (χ2n) is 7.41. The quantitative estimate of drug-likeness (QED) is 0.596. The Morgan fingerprint density at radius 1 is 1.17 bits per heavy atom. The molecule has 6 nitrogen and oxygen atoms in total. The Kier molecular flexibility index (Phi) is 8.37. The number of nitrogens with two attached hydrogens (primary N) is 1. The molecule has 23 heavy (non-hydrogen) atoms. The normalized spacial score (nSPS) is 21.7. The maximum Gasteiger partial charge on any atom is 0.407 e. The van der Waals surface area contributed by atoms with E-state index in [9.17, 15) is 9.59 Å². The number of unbranched alkanes of at least 4 members (excludes halogenated alkanes) is 1. The molecule has 0 aliphatic heterocycles. The number of amides is 2. The molecule has 1 fully saturated rings. The molecule has 1 aliphatic carbocycles. The summed E-state index contributed by atoms with van der Waals surface area (Å²) in [4.78, 5) is 22.5. The van der Waals surface area contributed by atoms with Crippen molar-refractivity contribution in [2.24, 2.45) is 11.7 Å². The van der Waals surface area contributed by atoms with Crippen LogP contribution in [0.5, 0.6) is 0 Å². The lowest BCUT2D eigenvalue weighted by atomic mass is 9.84. The summed E-state index contributed by atoms with van der Waals surface area (Å²) in [6.07, 6.45) is 6.58. The van der Waals surface area contributed by atoms with Gasteiger partial charge in [-0.05, 0) is 58.9 Å². The van der Waals surface area contributed by atoms with Gasteiger partial charge in [-0.1, -0.05) is 12.8 Å². The van der Waals surface area contributed by atoms with E-state index in [-0.39, 0.29) is 12.0 Å². The van der Waals surface area contributed by atoms with Crippen LogP contribution in [0.4, 0.5) is 4.79 Å². The second-order valence-corrected chi connectivity index (χ2v) is 7.41. The predicted molar refractivity (Wildman–Crippen MR) is 91.0 cm³/mol. The molecule has 1 aliphatic rings. The average molecular weight is 327 g/mol. The molecular weight excluding hydrogens is 294 g/mol. The zero-order valence-electron chi connectivity index (χ0n) is 14.8. The van der Waals surface area contributed by atoms with Crippen molar-refractivity contribution in [1.29, 1.82) is 0 Å². The first kappa shape index (κ1) is 19.7. The molecule has 0 saturated heterocycles. The Balaban J connectivity index is 2.28. The Hall–Kier alpha value is -1.30. The Morgan fingerprint density at radius 3 is 2.52 bits per heavy atom. The van der Waals surface area contributed by atoms with Crippen LogP contribution in [-0.2, 0) is 9.53 Å². The minimum absolute atomic E-state index is 0.234. The lowest BCUT2D eigenvalue weighted by molar-refractivity contribution is -0.118. The van der Waals surface area contributed by atoms with Crippen molar-refractivity contribution in [3.05, 3.63) is 0 Å². The van der Waals surface area contributed by atoms with Gasteiger partial charge >= 0.3 is 6.09 Å². The van der Waals surface area contributed by atoms with E-state index in [0.717, 1.165) is 32.2 Å². The third kappa shape index (κ3) is 9.43. The van der Waals surface area contributed by atoms with Crippen LogP contribution < -0.4 is 16.4 Å². The van der Waals surface area contributed by atoms with Crippen LogP contribution in [0.3, 0.4) is 0 Å². The largest absolute Gasteiger partial charge is 0.444 e. The topological polar surface area (TPSA) is 93.4 Å². The molecule has 134 valence electrons. The molecule has 0 bridgehead atoms. The Bertz CT molecular complexity index is 380. The van der Waals surface area contributed by atoms with Crippen molar-refractivity contribution in [2.45, 2.75) is 77.4 Å². The minimum Gasteiger partial charge on any atom is -0.444 e. The number of ether oxygens (including phenoxy) is 1. The summed E-state index contributed by atoms with van der Waals surface area (Å²) in [5, 5.41) is 6.47. The maximum atomic E-state index is 11.8. The highest BCUT2D eigenvalue weighted by Gasteiger charge is 2.25. The van der Waals surface area contributed by atoms with Crippen molar-refractivity contribution in [2.75, 3.05) is 13.1 Å². The van der Waals surface area contributed by atoms with Crippen LogP contribution in [0.2, 0.25) is 0 Å². The number of carbonyl (C=O) groups excluding carboxylic acids is 2. The highest BCUT2D eigenvalue weighted by Crippen LogP contribution is 2.24. The predicted octanol–water partition coefficient (Wildman–Crippen LogP) is 2.32. The van der Waals surface area contributed by atoms with E-state index in [1.165, 1.54) is 12.8 Å². The molecule has 0 aromatic rings. The van der Waals surface area contributed by atoms with Gasteiger partial charge in [0.2, 0.25) is 5.91 Å². The van der Waals surface area contributed by atoms with Gasteiger partial charge in [-0.3, -0.25) is 4.79 Å². The number of primary amides is 1. The van der Waals surface area contributed by atoms with Gasteiger partial charge in [-0.2, -0.15) is 0 Å². The van der Waals surface area contributed by atoms with Crippen LogP contribution in [0, 0.1) is 5.92 Å². The third-order valence-electron chi connectivity index (χ3n) is 4.07. The summed E-state index contributed by atoms with van der Waals surface area (Å²) in [6.45, 7) is 7.13. The molecule has 2 atom stereocenters. The van der Waals surface area contributed by atoms with Crippen LogP contribution in [0.1, 0.15) is 65.7 Å². The number of nitrogens with one attached hydrogen (secondary N) is 2. The van der Waals surface area contributed by atoms with Crippen molar-refractivity contribution >= 4 is 12.0 Å². The van der Waals surface area contributed by atoms with E-state index in [2.05, 4.69) is 10.6 Å². The number of hydrogen-bond acceptors (Lipinski definition) is 4. The molecule has 6 heteroatoms. The number of alkyl carbamates (subject to hydrolysis) is 1. The molecule has 2 unspecified atom stereocenters. The highest BCUT2D eigenvalue weighted by molar-refractivity contribution is 5.73. The summed E-state index contributed by atoms with van der Waals surface area (Å²) < 4.78 is 5.29. The Labute approximate surface area is 139 Å². The zero-order chi connectivity index (χ0) is 17.3. The van der Waals surface area contributed by atoms with E-state index in [0.29, 0.717) is 24.9 Å². The summed E-state index contributed by atoms with van der Waals surface area (Å²) in [5.74, 6) is 0.203. The fourth-order valence-corrected chi connectivity index (χ4v) is 2.96. The molecule has 0 aromatic carbocycles. The first-order valence-electron chi connectivity index (χ1n) is 8.76. The van der Waals surface area contributed by atoms with E-state index >= 15 is 0 Å². The zero-order valence-corrected chi connectivity index (χ0v) is 14.8. The SMILES string of the molecule is CC(C)(C)OC(=O)NCC1CCCCC1NCCCCC(N)=O. The van der Waals surface area contributed by atoms with Crippen LogP contribution >= 0.6 is 0 Å². The van der Waals surface area contributed by atoms with Gasteiger partial charge in [0.15, 0.2) is 0 Å². The van der Waals surface area contributed by atoms with Gasteiger partial charge in [0, 0.05) is 19.0 Å². The first-order valence-corrected chi connectivity index (χ1v) is 8.76. The number of hydrogen-bond donors (Lipinski definition) is 3. The monoisotopic (exact) mass is 327 g/mol. The summed E-state index contributed by atoms with van der Waals surface area (Å²) in [6, 6.07) is 0.423. The van der Waals surface area contributed by atoms with Crippen LogP contribution in [0.25, 0.3) is 0 Å². The fourth-order valence-electron chi connectivity index (χ4n) is 2.96. The van der Waals surface area contributed by atoms with Gasteiger partial charge in [-0.15, -0.1) is 0 Å². The van der Waals surface area contributed by atoms with Crippen molar-refractivity contribution in [3.63, 3.8) is 0 Å². The molecular formula is C17H33N3O3. The fraction of sp³-hybridized carbons (Fsp3) is 0.882. The van der Waals surface area contributed by atoms with E-state index in [4.69, 9.17) is 10.5 Å². The molecule has 1 saturated carbocycles. The molecule has 4 N–H and O–H groups in total. The third-order valence-corrected chi connectivity index (χ3v) is 4.07. The second kappa shape index (κ2) is 9.75. The van der Waals surface area contributed by atoms with Crippen molar-refractivity contribution in [1.82, 2.24) is 10.6 Å². The summed E-state index contributed by atoms with van der Waals surface area (Å²) in [7, 11) is 0. The van der Waals surface area contributed by atoms with E-state index in [1.54, 1.807) is 0 Å². The molecule has 0 heterocycles. The average Bonchev–Trinajstić information content (AvgIpc) is 2.43. The molecule has 0 spiro atoms. The van der Waals surface area contributed by atoms with Gasteiger partial charge in [0.1, 0.15) is 5.60 Å².